The molecule has 0 amide bonds. The number of hydrogen-bond acceptors (Lipinski definition) is 15. The molecule has 2 aromatic rings. The third kappa shape index (κ3) is 9.39. The van der Waals surface area contributed by atoms with E-state index in [1.165, 1.54) is 0 Å². The van der Waals surface area contributed by atoms with Gasteiger partial charge < -0.3 is 46.6 Å². The normalized spacial score (nSPS) is 20.1. The van der Waals surface area contributed by atoms with Gasteiger partial charge in [0.1, 0.15) is 11.4 Å². The molecule has 15 heteroatoms. The first-order valence-electron chi connectivity index (χ1n) is 19.2. The highest BCUT2D eigenvalue weighted by atomic mass is 16.2. The summed E-state index contributed by atoms with van der Waals surface area (Å²) in [7, 11) is 11.6. The Kier molecular flexibility index (Phi) is 15.3. The fraction of sp³-hybridized carbons (Fsp3) is 0.641. The van der Waals surface area contributed by atoms with E-state index < -0.39 is 58.2 Å². The van der Waals surface area contributed by atoms with E-state index in [1.807, 2.05) is 57.0 Å². The number of carbonyl (C=O) groups excluding carboxylic acids is 4. The molecule has 2 saturated carbocycles. The molecule has 2 aliphatic rings. The Morgan fingerprint density at radius 2 is 0.722 bits per heavy atom. The van der Waals surface area contributed by atoms with Gasteiger partial charge in [0.15, 0.2) is 0 Å². The van der Waals surface area contributed by atoms with Crippen molar-refractivity contribution >= 4 is 34.5 Å². The van der Waals surface area contributed by atoms with Gasteiger partial charge in [-0.15, -0.1) is 0 Å². The largest absolute Gasteiger partial charge is 0.379 e. The quantitative estimate of drug-likeness (QED) is 0.0704. The number of ketones is 4. The highest BCUT2D eigenvalue weighted by Gasteiger charge is 2.49. The maximum absolute atomic E-state index is 12.8. The number of anilines is 2. The first-order valence-corrected chi connectivity index (χ1v) is 19.2. The zero-order valence-electron chi connectivity index (χ0n) is 33.6. The van der Waals surface area contributed by atoms with Crippen LogP contribution in [0, 0.1) is 0 Å². The minimum absolute atomic E-state index is 0.261. The van der Waals surface area contributed by atoms with Crippen LogP contribution in [-0.2, 0) is 58.1 Å². The molecular formula is C39H61N9O6. The molecule has 0 radical (unpaired) electrons. The molecule has 0 aliphatic heterocycles. The molecule has 4 atom stereocenters. The zero-order valence-corrected chi connectivity index (χ0v) is 33.6. The van der Waals surface area contributed by atoms with Crippen LogP contribution in [0.3, 0.4) is 0 Å². The number of carbonyl (C=O) groups is 4. The summed E-state index contributed by atoms with van der Waals surface area (Å²) in [5.74, 6) is -1.74. The molecule has 4 rings (SSSR count). The van der Waals surface area contributed by atoms with Gasteiger partial charge in [0, 0.05) is 58.9 Å². The van der Waals surface area contributed by atoms with Crippen molar-refractivity contribution in [3.05, 3.63) is 53.8 Å². The van der Waals surface area contributed by atoms with E-state index in [0.29, 0.717) is 71.6 Å². The Morgan fingerprint density at radius 1 is 0.407 bits per heavy atom. The number of nitrogens with one attached hydrogen (secondary N) is 6. The van der Waals surface area contributed by atoms with Gasteiger partial charge in [-0.3, -0.25) is 28.8 Å². The van der Waals surface area contributed by atoms with Crippen molar-refractivity contribution in [2.75, 3.05) is 92.2 Å². The summed E-state index contributed by atoms with van der Waals surface area (Å²) >= 11 is 0. The van der Waals surface area contributed by atoms with Crippen molar-refractivity contribution in [3.8, 4) is 0 Å². The van der Waals surface area contributed by atoms with Crippen LogP contribution in [-0.4, -0.2) is 144 Å². The molecule has 6 N–H and O–H groups in total. The van der Waals surface area contributed by atoms with Crippen molar-refractivity contribution in [1.82, 2.24) is 36.0 Å². The molecule has 0 aromatic heterocycles. The second-order valence-electron chi connectivity index (χ2n) is 15.1. The SMILES string of the molecule is CCc1c(CNc2c(NCCN(C)C)c(=O)c2=O)c(CC)c(CNC2C(=O)C(=O)C2NCCN(C)C)c(CC)c1CNC1C(=O)C(=O)C1NCCN(C)C. The maximum Gasteiger partial charge on any atom is 0.253 e. The fourth-order valence-electron chi connectivity index (χ4n) is 7.50. The second kappa shape index (κ2) is 19.2. The van der Waals surface area contributed by atoms with Crippen LogP contribution in [0.2, 0.25) is 0 Å². The Balaban J connectivity index is 1.70. The van der Waals surface area contributed by atoms with Crippen molar-refractivity contribution in [3.63, 3.8) is 0 Å². The predicted octanol–water partition coefficient (Wildman–Crippen LogP) is -1.18. The third-order valence-electron chi connectivity index (χ3n) is 10.6. The lowest BCUT2D eigenvalue weighted by atomic mass is 9.80. The van der Waals surface area contributed by atoms with Gasteiger partial charge in [-0.05, 0) is 94.9 Å². The van der Waals surface area contributed by atoms with Crippen LogP contribution in [0.5, 0.6) is 0 Å². The zero-order chi connectivity index (χ0) is 39.9. The molecule has 298 valence electrons. The highest BCUT2D eigenvalue weighted by molar-refractivity contribution is 6.49. The van der Waals surface area contributed by atoms with Crippen molar-refractivity contribution < 1.29 is 19.2 Å². The average Bonchev–Trinajstić information content (AvgIpc) is 3.14. The molecule has 0 spiro atoms. The summed E-state index contributed by atoms with van der Waals surface area (Å²) in [5, 5.41) is 19.7. The third-order valence-corrected chi connectivity index (χ3v) is 10.6. The van der Waals surface area contributed by atoms with Crippen molar-refractivity contribution in [1.29, 1.82) is 0 Å². The molecule has 0 bridgehead atoms. The maximum atomic E-state index is 12.8. The van der Waals surface area contributed by atoms with Crippen molar-refractivity contribution in [2.45, 2.75) is 83.8 Å². The predicted molar refractivity (Wildman–Crippen MR) is 212 cm³/mol. The second-order valence-corrected chi connectivity index (χ2v) is 15.1. The summed E-state index contributed by atoms with van der Waals surface area (Å²) < 4.78 is 0. The van der Waals surface area contributed by atoms with E-state index in [-0.39, 0.29) is 17.9 Å². The summed E-state index contributed by atoms with van der Waals surface area (Å²) in [5.41, 5.74) is 5.60. The number of nitrogens with zero attached hydrogens (tertiary/aromatic N) is 3. The molecule has 0 saturated heterocycles. The Hall–Kier alpha value is -3.70. The minimum atomic E-state index is -0.671. The number of rotatable bonds is 24. The van der Waals surface area contributed by atoms with Gasteiger partial charge in [-0.2, -0.15) is 0 Å². The molecule has 0 heterocycles. The van der Waals surface area contributed by atoms with E-state index in [2.05, 4.69) is 52.7 Å². The molecule has 54 heavy (non-hydrogen) atoms. The standard InChI is InChI=1S/C39H61N9O6/c1-10-22-25(19-43-31-28(34(49)37(31)52)40-13-16-46(4)5)23(11-2)27(21-45-33-30(36(51)39(33)54)42-15-18-48(8)9)24(12-3)26(22)20-44-32-29(35(50)38(32)53)41-14-17-47(6)7/h28-29,31-32,40-45H,10-21H2,1-9H3. The highest BCUT2D eigenvalue weighted by Crippen LogP contribution is 2.33. The number of likely N-dealkylation sites (N-methyl/N-ethyl adjacent to an activating group) is 3. The van der Waals surface area contributed by atoms with Crippen LogP contribution in [0.15, 0.2) is 9.59 Å². The monoisotopic (exact) mass is 751 g/mol. The Labute approximate surface area is 319 Å². The molecular weight excluding hydrogens is 690 g/mol. The Bertz CT molecular complexity index is 1680. The minimum Gasteiger partial charge on any atom is -0.379 e. The van der Waals surface area contributed by atoms with E-state index >= 15 is 0 Å². The van der Waals surface area contributed by atoms with E-state index in [9.17, 15) is 28.8 Å². The smallest absolute Gasteiger partial charge is 0.253 e. The van der Waals surface area contributed by atoms with Crippen LogP contribution in [0.4, 0.5) is 11.4 Å². The van der Waals surface area contributed by atoms with Gasteiger partial charge in [0.25, 0.3) is 10.9 Å². The van der Waals surface area contributed by atoms with Crippen LogP contribution in [0.1, 0.15) is 54.2 Å². The van der Waals surface area contributed by atoms with Gasteiger partial charge in [-0.25, -0.2) is 0 Å². The lowest BCUT2D eigenvalue weighted by Gasteiger charge is -2.36. The number of Topliss-reactive ketones (excluding diaryl/α,β-unsaturated/α-hetero) is 4. The summed E-state index contributed by atoms with van der Waals surface area (Å²) in [4.78, 5) is 82.2. The molecule has 4 unspecified atom stereocenters. The van der Waals surface area contributed by atoms with Crippen molar-refractivity contribution in [2.24, 2.45) is 0 Å². The molecule has 2 aliphatic carbocycles. The van der Waals surface area contributed by atoms with Gasteiger partial charge >= 0.3 is 0 Å². The number of hydrogen-bond donors (Lipinski definition) is 6. The van der Waals surface area contributed by atoms with Crippen LogP contribution in [0.25, 0.3) is 0 Å². The van der Waals surface area contributed by atoms with Gasteiger partial charge in [0.05, 0.1) is 24.2 Å². The molecule has 2 fully saturated rings. The number of benzene rings is 1. The van der Waals surface area contributed by atoms with E-state index in [0.717, 1.165) is 33.4 Å². The summed E-state index contributed by atoms with van der Waals surface area (Å²) in [6.45, 7) is 10.9. The molecule has 2 aromatic carbocycles. The topological polar surface area (TPSA) is 184 Å². The van der Waals surface area contributed by atoms with E-state index in [4.69, 9.17) is 0 Å². The first-order chi connectivity index (χ1) is 25.7. The average molecular weight is 752 g/mol. The van der Waals surface area contributed by atoms with Crippen LogP contribution >= 0.6 is 0 Å². The lowest BCUT2D eigenvalue weighted by molar-refractivity contribution is -0.147. The lowest BCUT2D eigenvalue weighted by Crippen LogP contribution is -2.69. The first kappa shape index (κ1) is 43.0. The Morgan fingerprint density at radius 3 is 1.07 bits per heavy atom. The fourth-order valence-corrected chi connectivity index (χ4v) is 7.50. The van der Waals surface area contributed by atoms with Gasteiger partial charge in [-0.1, -0.05) is 20.8 Å². The van der Waals surface area contributed by atoms with Gasteiger partial charge in [0.2, 0.25) is 23.1 Å². The summed E-state index contributed by atoms with van der Waals surface area (Å²) in [6.07, 6.45) is 1.96. The molecule has 15 nitrogen and oxygen atoms in total. The van der Waals surface area contributed by atoms with E-state index in [1.54, 1.807) is 0 Å². The van der Waals surface area contributed by atoms with Crippen LogP contribution < -0.4 is 42.8 Å². The summed E-state index contributed by atoms with van der Waals surface area (Å²) in [6, 6.07) is -2.57.